The normalized spacial score (nSPS) is 13.6. The van der Waals surface area contributed by atoms with E-state index in [2.05, 4.69) is 10.1 Å². The second-order valence-electron chi connectivity index (χ2n) is 8.91. The smallest absolute Gasteiger partial charge is 0.397 e. The number of rotatable bonds is 11. The van der Waals surface area contributed by atoms with Gasteiger partial charge in [-0.25, -0.2) is 4.79 Å². The van der Waals surface area contributed by atoms with E-state index in [1.54, 1.807) is 24.3 Å². The molecule has 1 aliphatic rings. The second-order valence-corrected chi connectivity index (χ2v) is 10.6. The highest BCUT2D eigenvalue weighted by atomic mass is 35.5. The third-order valence-electron chi connectivity index (χ3n) is 5.96. The van der Waals surface area contributed by atoms with E-state index in [4.69, 9.17) is 32.7 Å². The molecule has 1 atom stereocenters. The summed E-state index contributed by atoms with van der Waals surface area (Å²) in [5.41, 5.74) is 0.952. The van der Waals surface area contributed by atoms with Crippen LogP contribution in [0, 0.1) is 11.1 Å². The van der Waals surface area contributed by atoms with Gasteiger partial charge in [0.2, 0.25) is 0 Å². The summed E-state index contributed by atoms with van der Waals surface area (Å²) in [5, 5.41) is 14.2. The molecule has 1 heterocycles. The number of amides is 1. The fraction of sp³-hybridized carbons (Fsp3) is 0.296. The SMILES string of the molecule is CSc1ccc(NC(=O)C(=O)OC(Cc2c(Cl)c[n+]([O-])cc2Cl)c2ccc(OC(F)F)c(OCC3CC3)c2)cc1. The van der Waals surface area contributed by atoms with Gasteiger partial charge in [0.15, 0.2) is 23.9 Å². The first-order valence-electron chi connectivity index (χ1n) is 12.1. The Labute approximate surface area is 243 Å². The van der Waals surface area contributed by atoms with Crippen LogP contribution in [0.5, 0.6) is 11.5 Å². The minimum Gasteiger partial charge on any atom is -0.619 e. The summed E-state index contributed by atoms with van der Waals surface area (Å²) in [5.74, 6) is -2.11. The predicted octanol–water partition coefficient (Wildman–Crippen LogP) is 6.20. The van der Waals surface area contributed by atoms with Gasteiger partial charge in [0.25, 0.3) is 0 Å². The van der Waals surface area contributed by atoms with Crippen molar-refractivity contribution >= 4 is 52.5 Å². The molecule has 1 aliphatic carbocycles. The van der Waals surface area contributed by atoms with E-state index in [9.17, 15) is 23.6 Å². The lowest BCUT2D eigenvalue weighted by atomic mass is 10.0. The third kappa shape index (κ3) is 8.12. The zero-order valence-electron chi connectivity index (χ0n) is 21.1. The van der Waals surface area contributed by atoms with Crippen molar-refractivity contribution in [2.24, 2.45) is 5.92 Å². The van der Waals surface area contributed by atoms with Crippen molar-refractivity contribution < 1.29 is 37.3 Å². The maximum Gasteiger partial charge on any atom is 0.397 e. The molecule has 3 aromatic rings. The molecular weight excluding hydrogens is 589 g/mol. The van der Waals surface area contributed by atoms with E-state index in [0.717, 1.165) is 30.1 Å². The molecule has 1 unspecified atom stereocenters. The lowest BCUT2D eigenvalue weighted by molar-refractivity contribution is -0.605. The Morgan fingerprint density at radius 1 is 1.10 bits per heavy atom. The number of nitrogens with zero attached hydrogens (tertiary/aromatic N) is 1. The second kappa shape index (κ2) is 13.4. The standard InChI is InChI=1S/C27H24Cl2F2N2O6S/c1-40-18-7-5-17(6-8-18)32-25(34)26(35)38-23(11-19-20(28)12-33(36)13-21(19)29)16-4-9-22(39-27(30)31)24(10-16)37-14-15-2-3-15/h4-10,12-13,15,23,27H,2-3,11,14H2,1H3,(H,32,34). The minimum atomic E-state index is -3.09. The number of carbonyl (C=O) groups is 2. The molecule has 1 saturated carbocycles. The molecule has 0 aliphatic heterocycles. The number of aromatic nitrogens is 1. The zero-order chi connectivity index (χ0) is 28.8. The number of nitrogens with one attached hydrogen (secondary N) is 1. The van der Waals surface area contributed by atoms with Crippen LogP contribution in [0.15, 0.2) is 59.8 Å². The van der Waals surface area contributed by atoms with Gasteiger partial charge in [-0.2, -0.15) is 13.5 Å². The van der Waals surface area contributed by atoms with Gasteiger partial charge in [-0.15, -0.1) is 11.8 Å². The molecule has 212 valence electrons. The van der Waals surface area contributed by atoms with Gasteiger partial charge in [-0.3, -0.25) is 4.79 Å². The maximum atomic E-state index is 13.0. The van der Waals surface area contributed by atoms with Crippen LogP contribution in [0.4, 0.5) is 14.5 Å². The molecule has 1 aromatic heterocycles. The molecule has 4 rings (SSSR count). The van der Waals surface area contributed by atoms with Gasteiger partial charge in [-0.05, 0) is 67.0 Å². The summed E-state index contributed by atoms with van der Waals surface area (Å²) in [7, 11) is 0. The Balaban J connectivity index is 1.62. The van der Waals surface area contributed by atoms with Gasteiger partial charge < -0.3 is 24.7 Å². The minimum absolute atomic E-state index is 0.00439. The molecule has 13 heteroatoms. The van der Waals surface area contributed by atoms with Crippen molar-refractivity contribution in [2.45, 2.75) is 36.9 Å². The number of pyridine rings is 1. The molecule has 40 heavy (non-hydrogen) atoms. The highest BCUT2D eigenvalue weighted by Gasteiger charge is 2.28. The van der Waals surface area contributed by atoms with Gasteiger partial charge in [0, 0.05) is 22.6 Å². The number of halogens is 4. The number of benzene rings is 2. The van der Waals surface area contributed by atoms with Gasteiger partial charge in [0.1, 0.15) is 16.1 Å². The Morgan fingerprint density at radius 3 is 2.38 bits per heavy atom. The fourth-order valence-electron chi connectivity index (χ4n) is 3.70. The van der Waals surface area contributed by atoms with E-state index in [0.29, 0.717) is 28.5 Å². The molecule has 0 radical (unpaired) electrons. The summed E-state index contributed by atoms with van der Waals surface area (Å²) in [6.07, 6.45) is 4.68. The van der Waals surface area contributed by atoms with Crippen LogP contribution in [0.2, 0.25) is 10.0 Å². The summed E-state index contributed by atoms with van der Waals surface area (Å²) in [6.45, 7) is -2.79. The first-order valence-corrected chi connectivity index (χ1v) is 14.0. The van der Waals surface area contributed by atoms with Gasteiger partial charge in [0.05, 0.1) is 6.61 Å². The number of anilines is 1. The van der Waals surface area contributed by atoms with Gasteiger partial charge in [-0.1, -0.05) is 29.3 Å². The van der Waals surface area contributed by atoms with Crippen LogP contribution in [0.1, 0.15) is 30.1 Å². The summed E-state index contributed by atoms with van der Waals surface area (Å²) >= 11 is 14.0. The molecule has 2 aromatic carbocycles. The Morgan fingerprint density at radius 2 is 1.77 bits per heavy atom. The summed E-state index contributed by atoms with van der Waals surface area (Å²) in [6, 6.07) is 10.9. The molecule has 0 saturated heterocycles. The monoisotopic (exact) mass is 612 g/mol. The van der Waals surface area contributed by atoms with Crippen LogP contribution in [-0.2, 0) is 20.7 Å². The Bertz CT molecular complexity index is 1350. The van der Waals surface area contributed by atoms with Crippen molar-refractivity contribution in [1.29, 1.82) is 0 Å². The third-order valence-corrected chi connectivity index (χ3v) is 7.35. The lowest BCUT2D eigenvalue weighted by Gasteiger charge is -2.21. The van der Waals surface area contributed by atoms with E-state index in [1.807, 2.05) is 6.26 Å². The molecule has 8 nitrogen and oxygen atoms in total. The molecule has 0 bridgehead atoms. The summed E-state index contributed by atoms with van der Waals surface area (Å²) in [4.78, 5) is 26.5. The maximum absolute atomic E-state index is 13.0. The number of hydrogen-bond donors (Lipinski definition) is 1. The number of ether oxygens (including phenoxy) is 3. The number of thioether (sulfide) groups is 1. The van der Waals surface area contributed by atoms with Crippen molar-refractivity contribution in [3.8, 4) is 11.5 Å². The molecular formula is C27H24Cl2F2N2O6S. The van der Waals surface area contributed by atoms with Crippen LogP contribution >= 0.6 is 35.0 Å². The highest BCUT2D eigenvalue weighted by Crippen LogP contribution is 2.37. The summed E-state index contributed by atoms with van der Waals surface area (Å²) < 4.78 is 42.4. The number of hydrogen-bond acceptors (Lipinski definition) is 7. The lowest BCUT2D eigenvalue weighted by Crippen LogP contribution is -2.28. The van der Waals surface area contributed by atoms with E-state index in [1.165, 1.54) is 30.0 Å². The van der Waals surface area contributed by atoms with E-state index >= 15 is 0 Å². The topological polar surface area (TPSA) is 101 Å². The molecule has 1 N–H and O–H groups in total. The number of carbonyl (C=O) groups excluding carboxylic acids is 2. The zero-order valence-corrected chi connectivity index (χ0v) is 23.4. The van der Waals surface area contributed by atoms with E-state index < -0.39 is 24.6 Å². The largest absolute Gasteiger partial charge is 0.619 e. The number of alkyl halides is 2. The van der Waals surface area contributed by atoms with Crippen LogP contribution in [0.3, 0.4) is 0 Å². The molecule has 1 amide bonds. The molecule has 1 fully saturated rings. The first kappa shape index (κ1) is 29.7. The molecule has 0 spiro atoms. The number of esters is 1. The fourth-order valence-corrected chi connectivity index (χ4v) is 4.71. The Kier molecular flexibility index (Phi) is 9.94. The van der Waals surface area contributed by atoms with Crippen molar-refractivity contribution in [2.75, 3.05) is 18.2 Å². The first-order chi connectivity index (χ1) is 19.1. The highest BCUT2D eigenvalue weighted by molar-refractivity contribution is 7.98. The average molecular weight is 613 g/mol. The van der Waals surface area contributed by atoms with Crippen molar-refractivity contribution in [3.05, 3.63) is 81.2 Å². The van der Waals surface area contributed by atoms with Crippen LogP contribution < -0.4 is 19.5 Å². The van der Waals surface area contributed by atoms with Crippen molar-refractivity contribution in [3.63, 3.8) is 0 Å². The quantitative estimate of drug-likeness (QED) is 0.0903. The predicted molar refractivity (Wildman–Crippen MR) is 146 cm³/mol. The van der Waals surface area contributed by atoms with E-state index in [-0.39, 0.29) is 33.5 Å². The Hall–Kier alpha value is -3.28. The van der Waals surface area contributed by atoms with Gasteiger partial charge >= 0.3 is 18.5 Å². The average Bonchev–Trinajstić information content (AvgIpc) is 3.74. The van der Waals surface area contributed by atoms with Crippen LogP contribution in [0.25, 0.3) is 0 Å². The van der Waals surface area contributed by atoms with Crippen molar-refractivity contribution in [1.82, 2.24) is 0 Å². The van der Waals surface area contributed by atoms with Crippen LogP contribution in [-0.4, -0.2) is 31.4 Å².